The van der Waals surface area contributed by atoms with Gasteiger partial charge in [-0.2, -0.15) is 0 Å². The van der Waals surface area contributed by atoms with Crippen molar-refractivity contribution in [1.82, 2.24) is 10.2 Å². The molecule has 1 heterocycles. The molecule has 2 N–H and O–H groups in total. The molecule has 1 unspecified atom stereocenters. The van der Waals surface area contributed by atoms with Crippen molar-refractivity contribution >= 4 is 6.03 Å². The SMILES string of the molecule is CCCCCNC(=O)N1CCC(CO)C1. The lowest BCUT2D eigenvalue weighted by molar-refractivity contribution is 0.198. The van der Waals surface area contributed by atoms with E-state index in [0.29, 0.717) is 6.54 Å². The zero-order valence-corrected chi connectivity index (χ0v) is 9.54. The zero-order chi connectivity index (χ0) is 11.1. The van der Waals surface area contributed by atoms with Gasteiger partial charge < -0.3 is 15.3 Å². The Kier molecular flexibility index (Phi) is 5.47. The van der Waals surface area contributed by atoms with Crippen LogP contribution >= 0.6 is 0 Å². The zero-order valence-electron chi connectivity index (χ0n) is 9.54. The van der Waals surface area contributed by atoms with E-state index in [2.05, 4.69) is 12.2 Å². The summed E-state index contributed by atoms with van der Waals surface area (Å²) in [6, 6.07) is 0.0297. The summed E-state index contributed by atoms with van der Waals surface area (Å²) in [4.78, 5) is 13.4. The van der Waals surface area contributed by atoms with E-state index in [-0.39, 0.29) is 18.6 Å². The van der Waals surface area contributed by atoms with Crippen LogP contribution in [-0.2, 0) is 0 Å². The molecule has 1 aliphatic heterocycles. The summed E-state index contributed by atoms with van der Waals surface area (Å²) >= 11 is 0. The molecule has 1 rings (SSSR count). The minimum Gasteiger partial charge on any atom is -0.396 e. The predicted molar refractivity (Wildman–Crippen MR) is 59.7 cm³/mol. The minimum absolute atomic E-state index is 0.0297. The second kappa shape index (κ2) is 6.67. The van der Waals surface area contributed by atoms with Crippen molar-refractivity contribution in [3.63, 3.8) is 0 Å². The summed E-state index contributed by atoms with van der Waals surface area (Å²) in [6.07, 6.45) is 4.32. The monoisotopic (exact) mass is 214 g/mol. The molecule has 0 aliphatic carbocycles. The molecule has 4 nitrogen and oxygen atoms in total. The van der Waals surface area contributed by atoms with Gasteiger partial charge in [0.25, 0.3) is 0 Å². The third-order valence-electron chi connectivity index (χ3n) is 2.89. The maximum Gasteiger partial charge on any atom is 0.317 e. The first-order valence-corrected chi connectivity index (χ1v) is 5.91. The predicted octanol–water partition coefficient (Wildman–Crippen LogP) is 1.20. The number of hydrogen-bond donors (Lipinski definition) is 2. The quantitative estimate of drug-likeness (QED) is 0.676. The number of urea groups is 1. The summed E-state index contributed by atoms with van der Waals surface area (Å²) in [5.74, 6) is 0.284. The molecule has 1 aliphatic rings. The van der Waals surface area contributed by atoms with Crippen molar-refractivity contribution < 1.29 is 9.90 Å². The molecular formula is C11H22N2O2. The minimum atomic E-state index is 0.0297. The molecule has 0 aromatic heterocycles. The van der Waals surface area contributed by atoms with Crippen molar-refractivity contribution in [2.24, 2.45) is 5.92 Å². The van der Waals surface area contributed by atoms with Gasteiger partial charge in [0.1, 0.15) is 0 Å². The topological polar surface area (TPSA) is 52.6 Å². The Morgan fingerprint density at radius 2 is 2.33 bits per heavy atom. The molecule has 0 aromatic carbocycles. The summed E-state index contributed by atoms with van der Waals surface area (Å²) in [5, 5.41) is 11.9. The normalized spacial score (nSPS) is 20.7. The second-order valence-electron chi connectivity index (χ2n) is 4.22. The number of nitrogens with one attached hydrogen (secondary N) is 1. The molecule has 1 saturated heterocycles. The standard InChI is InChI=1S/C11H22N2O2/c1-2-3-4-6-12-11(15)13-7-5-10(8-13)9-14/h10,14H,2-9H2,1H3,(H,12,15). The van der Waals surface area contributed by atoms with E-state index in [0.717, 1.165) is 25.9 Å². The summed E-state index contributed by atoms with van der Waals surface area (Å²) in [7, 11) is 0. The lowest BCUT2D eigenvalue weighted by atomic mass is 10.1. The Morgan fingerprint density at radius 1 is 1.53 bits per heavy atom. The maximum absolute atomic E-state index is 11.6. The van der Waals surface area contributed by atoms with Gasteiger partial charge in [0.05, 0.1) is 0 Å². The highest BCUT2D eigenvalue weighted by molar-refractivity contribution is 5.74. The highest BCUT2D eigenvalue weighted by atomic mass is 16.3. The van der Waals surface area contributed by atoms with Crippen LogP contribution in [0.1, 0.15) is 32.6 Å². The number of carbonyl (C=O) groups excluding carboxylic acids is 1. The summed E-state index contributed by atoms with van der Waals surface area (Å²) < 4.78 is 0. The average molecular weight is 214 g/mol. The third-order valence-corrected chi connectivity index (χ3v) is 2.89. The summed E-state index contributed by atoms with van der Waals surface area (Å²) in [5.41, 5.74) is 0. The van der Waals surface area contributed by atoms with Crippen LogP contribution in [0.3, 0.4) is 0 Å². The van der Waals surface area contributed by atoms with Gasteiger partial charge in [0.15, 0.2) is 0 Å². The molecule has 4 heteroatoms. The van der Waals surface area contributed by atoms with Gasteiger partial charge in [-0.1, -0.05) is 19.8 Å². The number of likely N-dealkylation sites (tertiary alicyclic amines) is 1. The first-order valence-electron chi connectivity index (χ1n) is 5.91. The fraction of sp³-hybridized carbons (Fsp3) is 0.909. The van der Waals surface area contributed by atoms with Crippen LogP contribution in [0.5, 0.6) is 0 Å². The third kappa shape index (κ3) is 4.08. The van der Waals surface area contributed by atoms with Gasteiger partial charge in [0, 0.05) is 32.2 Å². The van der Waals surface area contributed by atoms with Crippen molar-refractivity contribution in [2.45, 2.75) is 32.6 Å². The average Bonchev–Trinajstić information content (AvgIpc) is 2.72. The molecule has 1 fully saturated rings. The van der Waals surface area contributed by atoms with Crippen LogP contribution in [-0.4, -0.2) is 42.3 Å². The Balaban J connectivity index is 2.12. The number of unbranched alkanes of at least 4 members (excludes halogenated alkanes) is 2. The van der Waals surface area contributed by atoms with Crippen LogP contribution in [0.2, 0.25) is 0 Å². The smallest absolute Gasteiger partial charge is 0.317 e. The van der Waals surface area contributed by atoms with Gasteiger partial charge >= 0.3 is 6.03 Å². The summed E-state index contributed by atoms with van der Waals surface area (Å²) in [6.45, 7) is 4.60. The van der Waals surface area contributed by atoms with Gasteiger partial charge in [-0.3, -0.25) is 0 Å². The molecule has 0 bridgehead atoms. The molecule has 2 amide bonds. The van der Waals surface area contributed by atoms with Crippen molar-refractivity contribution in [3.8, 4) is 0 Å². The van der Waals surface area contributed by atoms with Gasteiger partial charge in [-0.15, -0.1) is 0 Å². The van der Waals surface area contributed by atoms with Crippen LogP contribution < -0.4 is 5.32 Å². The molecule has 15 heavy (non-hydrogen) atoms. The second-order valence-corrected chi connectivity index (χ2v) is 4.22. The molecule has 88 valence electrons. The van der Waals surface area contributed by atoms with E-state index < -0.39 is 0 Å². The first kappa shape index (κ1) is 12.3. The number of amides is 2. The highest BCUT2D eigenvalue weighted by Gasteiger charge is 2.24. The molecule has 0 saturated carbocycles. The van der Waals surface area contributed by atoms with Gasteiger partial charge in [-0.05, 0) is 12.8 Å². The van der Waals surface area contributed by atoms with Crippen molar-refractivity contribution in [3.05, 3.63) is 0 Å². The lowest BCUT2D eigenvalue weighted by Gasteiger charge is -2.16. The van der Waals surface area contributed by atoms with Crippen molar-refractivity contribution in [1.29, 1.82) is 0 Å². The van der Waals surface area contributed by atoms with E-state index in [1.54, 1.807) is 4.90 Å². The number of carbonyl (C=O) groups is 1. The van der Waals surface area contributed by atoms with Crippen LogP contribution in [0.25, 0.3) is 0 Å². The number of hydrogen-bond acceptors (Lipinski definition) is 2. The van der Waals surface area contributed by atoms with Gasteiger partial charge in [-0.25, -0.2) is 4.79 Å². The van der Waals surface area contributed by atoms with E-state index in [9.17, 15) is 4.79 Å². The van der Waals surface area contributed by atoms with E-state index >= 15 is 0 Å². The molecule has 0 radical (unpaired) electrons. The fourth-order valence-electron chi connectivity index (χ4n) is 1.85. The number of rotatable bonds is 5. The Labute approximate surface area is 91.6 Å². The van der Waals surface area contributed by atoms with Gasteiger partial charge in [0.2, 0.25) is 0 Å². The molecule has 0 spiro atoms. The van der Waals surface area contributed by atoms with E-state index in [1.807, 2.05) is 0 Å². The number of aliphatic hydroxyl groups is 1. The Morgan fingerprint density at radius 3 is 2.93 bits per heavy atom. The number of nitrogens with zero attached hydrogens (tertiary/aromatic N) is 1. The van der Waals surface area contributed by atoms with Crippen LogP contribution in [0.4, 0.5) is 4.79 Å². The molecule has 0 aromatic rings. The van der Waals surface area contributed by atoms with Crippen molar-refractivity contribution in [2.75, 3.05) is 26.2 Å². The lowest BCUT2D eigenvalue weighted by Crippen LogP contribution is -2.39. The first-order chi connectivity index (χ1) is 7.27. The molecular weight excluding hydrogens is 192 g/mol. The van der Waals surface area contributed by atoms with Crippen LogP contribution in [0.15, 0.2) is 0 Å². The van der Waals surface area contributed by atoms with E-state index in [1.165, 1.54) is 12.8 Å². The van der Waals surface area contributed by atoms with E-state index in [4.69, 9.17) is 5.11 Å². The fourth-order valence-corrected chi connectivity index (χ4v) is 1.85. The largest absolute Gasteiger partial charge is 0.396 e. The molecule has 1 atom stereocenters. The van der Waals surface area contributed by atoms with Crippen LogP contribution in [0, 0.1) is 5.92 Å². The Bertz CT molecular complexity index is 197. The Hall–Kier alpha value is -0.770. The highest BCUT2D eigenvalue weighted by Crippen LogP contribution is 2.14. The number of aliphatic hydroxyl groups excluding tert-OH is 1. The maximum atomic E-state index is 11.6.